The summed E-state index contributed by atoms with van der Waals surface area (Å²) >= 11 is 6.23. The van der Waals surface area contributed by atoms with Gasteiger partial charge in [0.2, 0.25) is 0 Å². The summed E-state index contributed by atoms with van der Waals surface area (Å²) in [5, 5.41) is 2.58. The Balaban J connectivity index is 1.23. The number of halogens is 1. The lowest BCUT2D eigenvalue weighted by Gasteiger charge is -2.26. The van der Waals surface area contributed by atoms with Crippen LogP contribution in [0, 0.1) is 0 Å². The van der Waals surface area contributed by atoms with Gasteiger partial charge in [-0.05, 0) is 71.8 Å². The van der Waals surface area contributed by atoms with E-state index in [9.17, 15) is 19.2 Å². The predicted octanol–water partition coefficient (Wildman–Crippen LogP) is 6.45. The average molecular weight is 595 g/mol. The fourth-order valence-corrected chi connectivity index (χ4v) is 4.88. The van der Waals surface area contributed by atoms with Gasteiger partial charge in [-0.2, -0.15) is 0 Å². The second-order valence-electron chi connectivity index (χ2n) is 10.3. The average Bonchev–Trinajstić information content (AvgIpc) is 3.24. The Morgan fingerprint density at radius 3 is 1.88 bits per heavy atom. The van der Waals surface area contributed by atoms with Gasteiger partial charge in [0.15, 0.2) is 0 Å². The normalized spacial score (nSPS) is 13.3. The van der Waals surface area contributed by atoms with Crippen LogP contribution >= 0.6 is 11.6 Å². The van der Waals surface area contributed by atoms with Crippen LogP contribution in [0.3, 0.4) is 0 Å². The summed E-state index contributed by atoms with van der Waals surface area (Å²) in [6.07, 6.45) is 0. The van der Waals surface area contributed by atoms with E-state index in [1.807, 2.05) is 30.3 Å². The van der Waals surface area contributed by atoms with Gasteiger partial charge >= 0.3 is 11.9 Å². The molecular weight excluding hydrogens is 568 g/mol. The first-order valence-electron chi connectivity index (χ1n) is 13.3. The van der Waals surface area contributed by atoms with Crippen LogP contribution in [0.4, 0.5) is 11.4 Å². The molecule has 5 rings (SSSR count). The molecule has 9 heteroatoms. The molecule has 4 aromatic carbocycles. The first kappa shape index (κ1) is 29.3. The number of ether oxygens (including phenoxy) is 2. The van der Waals surface area contributed by atoms with E-state index in [1.54, 1.807) is 24.3 Å². The molecule has 0 saturated carbocycles. The lowest BCUT2D eigenvalue weighted by Crippen LogP contribution is -2.32. The zero-order valence-corrected chi connectivity index (χ0v) is 24.3. The third-order valence-corrected chi connectivity index (χ3v) is 7.60. The number of rotatable bonds is 8. The van der Waals surface area contributed by atoms with Gasteiger partial charge in [0, 0.05) is 11.1 Å². The number of hydrogen-bond donors (Lipinski definition) is 1. The van der Waals surface area contributed by atoms with E-state index in [0.717, 1.165) is 10.5 Å². The Kier molecular flexibility index (Phi) is 8.14. The van der Waals surface area contributed by atoms with Crippen molar-refractivity contribution in [1.29, 1.82) is 0 Å². The highest BCUT2D eigenvalue weighted by Crippen LogP contribution is 2.33. The van der Waals surface area contributed by atoms with E-state index in [4.69, 9.17) is 16.3 Å². The van der Waals surface area contributed by atoms with E-state index < -0.39 is 23.8 Å². The summed E-state index contributed by atoms with van der Waals surface area (Å²) in [5.74, 6) is -2.06. The number of carbonyl (C=O) groups excluding carboxylic acids is 4. The van der Waals surface area contributed by atoms with Crippen LogP contribution in [0.25, 0.3) is 0 Å². The molecule has 1 N–H and O–H groups in total. The molecule has 0 aliphatic carbocycles. The van der Waals surface area contributed by atoms with Crippen LogP contribution in [0.5, 0.6) is 5.75 Å². The summed E-state index contributed by atoms with van der Waals surface area (Å²) in [6, 6.07) is 29.6. The number of nitrogens with one attached hydrogen (secondary N) is 1. The second-order valence-corrected chi connectivity index (χ2v) is 10.7. The highest BCUT2D eigenvalue weighted by atomic mass is 35.5. The van der Waals surface area contributed by atoms with Gasteiger partial charge in [-0.15, -0.1) is 0 Å². The summed E-state index contributed by atoms with van der Waals surface area (Å²) < 4.78 is 10.2. The molecule has 216 valence electrons. The first-order valence-corrected chi connectivity index (χ1v) is 13.7. The number of carbonyl (C=O) groups is 4. The molecule has 2 amide bonds. The fourth-order valence-electron chi connectivity index (χ4n) is 4.67. The van der Waals surface area contributed by atoms with Crippen molar-refractivity contribution < 1.29 is 28.7 Å². The van der Waals surface area contributed by atoms with E-state index >= 15 is 0 Å². The van der Waals surface area contributed by atoms with Crippen LogP contribution < -0.4 is 15.0 Å². The number of nitrogens with zero attached hydrogens (tertiary/aromatic N) is 1. The van der Waals surface area contributed by atoms with Gasteiger partial charge in [0.25, 0.3) is 11.8 Å². The maximum Gasteiger partial charge on any atom is 0.343 e. The molecule has 0 aromatic heterocycles. The van der Waals surface area contributed by atoms with Crippen LogP contribution in [-0.4, -0.2) is 30.9 Å². The van der Waals surface area contributed by atoms with Crippen molar-refractivity contribution in [1.82, 2.24) is 0 Å². The van der Waals surface area contributed by atoms with Gasteiger partial charge in [-0.25, -0.2) is 14.5 Å². The Morgan fingerprint density at radius 1 is 0.721 bits per heavy atom. The minimum atomic E-state index is -0.710. The largest absolute Gasteiger partial charge is 0.465 e. The standard InChI is InChI=1S/C34H27ClN2O6/c1-34(2,23-7-5-4-6-8-23)24-13-19-27(20-14-24)43-33(41)22-9-15-25(16-10-22)36-29-28(35)30(38)37(31(29)39)26-17-11-21(12-18-26)32(40)42-3/h4-20,36H,1-3H3. The van der Waals surface area contributed by atoms with Crippen molar-refractivity contribution >= 4 is 46.7 Å². The Morgan fingerprint density at radius 2 is 1.28 bits per heavy atom. The Hall–Kier alpha value is -5.21. The van der Waals surface area contributed by atoms with Crippen LogP contribution in [0.2, 0.25) is 0 Å². The third kappa shape index (κ3) is 5.91. The number of hydrogen-bond acceptors (Lipinski definition) is 7. The van der Waals surface area contributed by atoms with Gasteiger partial charge in [0.05, 0.1) is 23.9 Å². The van der Waals surface area contributed by atoms with E-state index in [2.05, 4.69) is 36.0 Å². The number of benzene rings is 4. The number of amides is 2. The van der Waals surface area contributed by atoms with Crippen molar-refractivity contribution in [3.05, 3.63) is 136 Å². The maximum atomic E-state index is 13.1. The monoisotopic (exact) mass is 594 g/mol. The lowest BCUT2D eigenvalue weighted by atomic mass is 9.78. The van der Waals surface area contributed by atoms with Gasteiger partial charge in [0.1, 0.15) is 16.5 Å². The minimum Gasteiger partial charge on any atom is -0.465 e. The van der Waals surface area contributed by atoms with Crippen molar-refractivity contribution in [2.45, 2.75) is 19.3 Å². The maximum absolute atomic E-state index is 13.1. The molecule has 4 aromatic rings. The van der Waals surface area contributed by atoms with E-state index in [-0.39, 0.29) is 27.4 Å². The lowest BCUT2D eigenvalue weighted by molar-refractivity contribution is -0.120. The van der Waals surface area contributed by atoms with E-state index in [0.29, 0.717) is 17.0 Å². The molecule has 0 unspecified atom stereocenters. The van der Waals surface area contributed by atoms with Crippen molar-refractivity contribution in [2.75, 3.05) is 17.3 Å². The molecule has 0 saturated heterocycles. The first-order chi connectivity index (χ1) is 20.6. The van der Waals surface area contributed by atoms with Gasteiger partial charge < -0.3 is 14.8 Å². The molecule has 8 nitrogen and oxygen atoms in total. The van der Waals surface area contributed by atoms with Crippen LogP contribution in [0.15, 0.2) is 114 Å². The Labute approximate surface area is 253 Å². The van der Waals surface area contributed by atoms with Crippen LogP contribution in [0.1, 0.15) is 45.7 Å². The highest BCUT2D eigenvalue weighted by molar-refractivity contribution is 6.53. The molecule has 1 aliphatic rings. The van der Waals surface area contributed by atoms with Crippen molar-refractivity contribution in [3.8, 4) is 5.75 Å². The SMILES string of the molecule is COC(=O)c1ccc(N2C(=O)C(Cl)=C(Nc3ccc(C(=O)Oc4ccc(C(C)(C)c5ccccc5)cc4)cc3)C2=O)cc1. The van der Waals surface area contributed by atoms with Crippen molar-refractivity contribution in [2.24, 2.45) is 0 Å². The molecule has 1 heterocycles. The van der Waals surface area contributed by atoms with Crippen molar-refractivity contribution in [3.63, 3.8) is 0 Å². The quantitative estimate of drug-likeness (QED) is 0.142. The Bertz CT molecular complexity index is 1730. The third-order valence-electron chi connectivity index (χ3n) is 7.25. The fraction of sp³-hybridized carbons (Fsp3) is 0.118. The molecular formula is C34H27ClN2O6. The summed E-state index contributed by atoms with van der Waals surface area (Å²) in [6.45, 7) is 4.27. The van der Waals surface area contributed by atoms with Crippen LogP contribution in [-0.2, 0) is 19.7 Å². The number of esters is 2. The van der Waals surface area contributed by atoms with Gasteiger partial charge in [-0.1, -0.05) is 67.9 Å². The van der Waals surface area contributed by atoms with Gasteiger partial charge in [-0.3, -0.25) is 9.59 Å². The summed E-state index contributed by atoms with van der Waals surface area (Å²) in [4.78, 5) is 51.3. The smallest absolute Gasteiger partial charge is 0.343 e. The number of imide groups is 1. The molecule has 1 aliphatic heterocycles. The highest BCUT2D eigenvalue weighted by Gasteiger charge is 2.39. The summed E-state index contributed by atoms with van der Waals surface area (Å²) in [7, 11) is 1.26. The zero-order valence-electron chi connectivity index (χ0n) is 23.6. The topological polar surface area (TPSA) is 102 Å². The predicted molar refractivity (Wildman–Crippen MR) is 163 cm³/mol. The minimum absolute atomic E-state index is 0.113. The molecule has 0 radical (unpaired) electrons. The molecule has 0 fully saturated rings. The number of anilines is 2. The number of methoxy groups -OCH3 is 1. The summed E-state index contributed by atoms with van der Waals surface area (Å²) in [5.41, 5.74) is 3.16. The molecule has 0 atom stereocenters. The zero-order chi connectivity index (χ0) is 30.7. The van der Waals surface area contributed by atoms with E-state index in [1.165, 1.54) is 49.1 Å². The molecule has 0 bridgehead atoms. The molecule has 0 spiro atoms. The molecule has 43 heavy (non-hydrogen) atoms. The second kappa shape index (κ2) is 12.0.